The lowest BCUT2D eigenvalue weighted by Gasteiger charge is -2.18. The zero-order valence-electron chi connectivity index (χ0n) is 12.7. The number of phenols is 1. The van der Waals surface area contributed by atoms with E-state index in [9.17, 15) is 29.3 Å². The van der Waals surface area contributed by atoms with Crippen LogP contribution in [-0.2, 0) is 4.74 Å². The largest absolute Gasteiger partial charge is 0.508 e. The number of hydrogen-bond acceptors (Lipinski definition) is 7. The third kappa shape index (κ3) is 3.61. The Morgan fingerprint density at radius 2 is 1.84 bits per heavy atom. The number of nitrogens with zero attached hydrogens (tertiary/aromatic N) is 1. The molecule has 0 bridgehead atoms. The van der Waals surface area contributed by atoms with Crippen molar-refractivity contribution in [1.29, 1.82) is 0 Å². The van der Waals surface area contributed by atoms with Crippen molar-refractivity contribution >= 4 is 11.8 Å². The second-order valence-corrected chi connectivity index (χ2v) is 6.61. The number of aromatic amines is 1. The van der Waals surface area contributed by atoms with E-state index in [0.717, 1.165) is 28.6 Å². The van der Waals surface area contributed by atoms with Crippen molar-refractivity contribution < 1.29 is 24.4 Å². The SMILES string of the molecule is O=c1ccn([C@@H]2O[C@H](C(F)Sc3ccc(O)cc3)[C@@H](O)[C@H]2O)c(=O)[nH]1. The van der Waals surface area contributed by atoms with Crippen molar-refractivity contribution in [2.45, 2.75) is 34.9 Å². The highest BCUT2D eigenvalue weighted by Crippen LogP contribution is 2.37. The zero-order chi connectivity index (χ0) is 18.1. The number of alkyl halides is 1. The minimum absolute atomic E-state index is 0.0323. The summed E-state index contributed by atoms with van der Waals surface area (Å²) >= 11 is 0.740. The first-order valence-corrected chi connectivity index (χ1v) is 8.17. The van der Waals surface area contributed by atoms with Crippen molar-refractivity contribution in [2.75, 3.05) is 0 Å². The van der Waals surface area contributed by atoms with Crippen LogP contribution in [-0.4, -0.2) is 48.7 Å². The maximum atomic E-state index is 14.5. The first kappa shape index (κ1) is 17.7. The average Bonchev–Trinajstić information content (AvgIpc) is 2.86. The molecular formula is C15H15FN2O6S. The number of hydrogen-bond donors (Lipinski definition) is 4. The lowest BCUT2D eigenvalue weighted by Crippen LogP contribution is -2.38. The minimum atomic E-state index is -1.74. The molecule has 0 radical (unpaired) electrons. The second kappa shape index (κ2) is 7.00. The molecule has 5 atom stereocenters. The summed E-state index contributed by atoms with van der Waals surface area (Å²) in [5.41, 5.74) is -3.21. The summed E-state index contributed by atoms with van der Waals surface area (Å²) in [5, 5.41) is 29.4. The molecule has 1 aromatic heterocycles. The van der Waals surface area contributed by atoms with Crippen LogP contribution < -0.4 is 11.2 Å². The molecule has 0 spiro atoms. The van der Waals surface area contributed by atoms with Gasteiger partial charge < -0.3 is 20.1 Å². The molecule has 25 heavy (non-hydrogen) atoms. The highest BCUT2D eigenvalue weighted by atomic mass is 32.2. The van der Waals surface area contributed by atoms with Gasteiger partial charge in [0.25, 0.3) is 5.56 Å². The number of thioether (sulfide) groups is 1. The van der Waals surface area contributed by atoms with Gasteiger partial charge in [0.05, 0.1) is 0 Å². The Hall–Kier alpha value is -2.14. The van der Waals surface area contributed by atoms with E-state index >= 15 is 0 Å². The standard InChI is InChI=1S/C15H15FN2O6S/c16-13(25-8-3-1-7(19)2-4-8)12-10(21)11(22)14(24-12)18-6-5-9(20)17-15(18)23/h1-6,10-14,19,21-22H,(H,17,20,23)/t10-,11+,12-,13?,14+/m0/s1. The zero-order valence-corrected chi connectivity index (χ0v) is 13.5. The van der Waals surface area contributed by atoms with E-state index in [1.807, 2.05) is 4.98 Å². The number of halogens is 1. The number of benzene rings is 1. The van der Waals surface area contributed by atoms with Crippen LogP contribution in [0, 0.1) is 0 Å². The highest BCUT2D eigenvalue weighted by molar-refractivity contribution is 7.99. The molecule has 134 valence electrons. The van der Waals surface area contributed by atoms with E-state index < -0.39 is 41.3 Å². The maximum absolute atomic E-state index is 14.5. The quantitative estimate of drug-likeness (QED) is 0.556. The Bertz CT molecular complexity index is 854. The van der Waals surface area contributed by atoms with Crippen LogP contribution in [0.5, 0.6) is 5.75 Å². The molecule has 8 nitrogen and oxygen atoms in total. The maximum Gasteiger partial charge on any atom is 0.330 e. The number of H-pyrrole nitrogens is 1. The van der Waals surface area contributed by atoms with Crippen molar-refractivity contribution in [3.8, 4) is 5.75 Å². The third-order valence-corrected chi connectivity index (χ3v) is 4.78. The van der Waals surface area contributed by atoms with Gasteiger partial charge in [-0.3, -0.25) is 14.3 Å². The van der Waals surface area contributed by atoms with Crippen molar-refractivity contribution in [3.63, 3.8) is 0 Å². The first-order chi connectivity index (χ1) is 11.9. The molecule has 1 fully saturated rings. The fourth-order valence-corrected chi connectivity index (χ4v) is 3.39. The van der Waals surface area contributed by atoms with Crippen LogP contribution >= 0.6 is 11.8 Å². The molecule has 1 aromatic carbocycles. The molecule has 2 heterocycles. The summed E-state index contributed by atoms with van der Waals surface area (Å²) in [7, 11) is 0. The lowest BCUT2D eigenvalue weighted by molar-refractivity contribution is -0.0504. The van der Waals surface area contributed by atoms with Gasteiger partial charge in [-0.05, 0) is 24.3 Å². The van der Waals surface area contributed by atoms with Crippen LogP contribution in [0.25, 0.3) is 0 Å². The van der Waals surface area contributed by atoms with Gasteiger partial charge in [0.1, 0.15) is 24.1 Å². The number of aliphatic hydroxyl groups is 2. The number of aromatic hydroxyl groups is 1. The Kier molecular flexibility index (Phi) is 4.95. The van der Waals surface area contributed by atoms with E-state index in [0.29, 0.717) is 4.90 Å². The predicted octanol–water partition coefficient (Wildman–Crippen LogP) is -0.0507. The van der Waals surface area contributed by atoms with Gasteiger partial charge in [0.15, 0.2) is 11.7 Å². The van der Waals surface area contributed by atoms with Crippen LogP contribution in [0.15, 0.2) is 51.0 Å². The summed E-state index contributed by atoms with van der Waals surface area (Å²) in [6.07, 6.45) is -4.74. The molecule has 4 N–H and O–H groups in total. The molecule has 10 heteroatoms. The predicted molar refractivity (Wildman–Crippen MR) is 86.1 cm³/mol. The average molecular weight is 370 g/mol. The molecule has 0 amide bonds. The minimum Gasteiger partial charge on any atom is -0.508 e. The number of ether oxygens (including phenoxy) is 1. The fourth-order valence-electron chi connectivity index (χ4n) is 2.48. The molecule has 1 aliphatic heterocycles. The number of aliphatic hydroxyl groups excluding tert-OH is 2. The van der Waals surface area contributed by atoms with E-state index in [1.165, 1.54) is 24.3 Å². The number of nitrogens with one attached hydrogen (secondary N) is 1. The van der Waals surface area contributed by atoms with Gasteiger partial charge in [0.2, 0.25) is 0 Å². The van der Waals surface area contributed by atoms with Gasteiger partial charge in [-0.15, -0.1) is 0 Å². The number of aromatic nitrogens is 2. The van der Waals surface area contributed by atoms with Crippen LogP contribution in [0.3, 0.4) is 0 Å². The molecule has 1 saturated heterocycles. The fraction of sp³-hybridized carbons (Fsp3) is 0.333. The van der Waals surface area contributed by atoms with E-state index in [4.69, 9.17) is 4.74 Å². The molecule has 1 unspecified atom stereocenters. The van der Waals surface area contributed by atoms with Crippen molar-refractivity contribution in [2.24, 2.45) is 0 Å². The normalized spacial score (nSPS) is 27.3. The molecule has 2 aromatic rings. The van der Waals surface area contributed by atoms with Crippen LogP contribution in [0.2, 0.25) is 0 Å². The Morgan fingerprint density at radius 1 is 1.16 bits per heavy atom. The molecule has 0 saturated carbocycles. The molecule has 1 aliphatic rings. The van der Waals surface area contributed by atoms with Crippen LogP contribution in [0.4, 0.5) is 4.39 Å². The highest BCUT2D eigenvalue weighted by Gasteiger charge is 2.48. The lowest BCUT2D eigenvalue weighted by atomic mass is 10.1. The number of rotatable bonds is 4. The molecule has 0 aliphatic carbocycles. The Labute approximate surface area is 144 Å². The van der Waals surface area contributed by atoms with Gasteiger partial charge in [-0.25, -0.2) is 9.18 Å². The third-order valence-electron chi connectivity index (χ3n) is 3.74. The monoisotopic (exact) mass is 370 g/mol. The topological polar surface area (TPSA) is 125 Å². The summed E-state index contributed by atoms with van der Waals surface area (Å²) in [4.78, 5) is 25.4. The van der Waals surface area contributed by atoms with E-state index in [1.54, 1.807) is 0 Å². The first-order valence-electron chi connectivity index (χ1n) is 7.29. The summed E-state index contributed by atoms with van der Waals surface area (Å²) < 4.78 is 20.8. The van der Waals surface area contributed by atoms with Gasteiger partial charge in [-0.2, -0.15) is 0 Å². The van der Waals surface area contributed by atoms with Gasteiger partial charge in [-0.1, -0.05) is 11.8 Å². The van der Waals surface area contributed by atoms with E-state index in [2.05, 4.69) is 0 Å². The summed E-state index contributed by atoms with van der Waals surface area (Å²) in [6.45, 7) is 0. The molecule has 3 rings (SSSR count). The van der Waals surface area contributed by atoms with Gasteiger partial charge in [0, 0.05) is 17.2 Å². The Morgan fingerprint density at radius 3 is 2.48 bits per heavy atom. The molecular weight excluding hydrogens is 355 g/mol. The van der Waals surface area contributed by atoms with Crippen LogP contribution in [0.1, 0.15) is 6.23 Å². The number of phenolic OH excluding ortho intramolecular Hbond substituents is 1. The van der Waals surface area contributed by atoms with E-state index in [-0.39, 0.29) is 5.75 Å². The van der Waals surface area contributed by atoms with Crippen molar-refractivity contribution in [3.05, 3.63) is 57.4 Å². The van der Waals surface area contributed by atoms with Gasteiger partial charge >= 0.3 is 5.69 Å². The smallest absolute Gasteiger partial charge is 0.330 e. The second-order valence-electron chi connectivity index (χ2n) is 5.45. The Balaban J connectivity index is 1.78. The summed E-state index contributed by atoms with van der Waals surface area (Å²) in [5.74, 6) is 0.0323. The summed E-state index contributed by atoms with van der Waals surface area (Å²) in [6, 6.07) is 6.81. The van der Waals surface area contributed by atoms with Crippen molar-refractivity contribution in [1.82, 2.24) is 9.55 Å².